The Kier molecular flexibility index (Phi) is 4.36. The summed E-state index contributed by atoms with van der Waals surface area (Å²) in [5.74, 6) is -0.709. The summed E-state index contributed by atoms with van der Waals surface area (Å²) < 4.78 is 9.90. The number of nitrogens with zero attached hydrogens (tertiary/aromatic N) is 1. The number of nitrogens with one attached hydrogen (secondary N) is 1. The SMILES string of the molecule is COC(=O)C1CN(C(=O)C2CCC(=O)NC2)CCO1. The number of ether oxygens (including phenoxy) is 2. The zero-order chi connectivity index (χ0) is 13.8. The second-order valence-corrected chi connectivity index (χ2v) is 4.71. The minimum atomic E-state index is -0.708. The molecule has 0 aliphatic carbocycles. The van der Waals surface area contributed by atoms with Gasteiger partial charge in [0.25, 0.3) is 0 Å². The van der Waals surface area contributed by atoms with Crippen LogP contribution in [0, 0.1) is 5.92 Å². The summed E-state index contributed by atoms with van der Waals surface area (Å²) in [6.45, 7) is 1.38. The second-order valence-electron chi connectivity index (χ2n) is 4.71. The summed E-state index contributed by atoms with van der Waals surface area (Å²) >= 11 is 0. The fourth-order valence-corrected chi connectivity index (χ4v) is 2.33. The van der Waals surface area contributed by atoms with Gasteiger partial charge in [0.2, 0.25) is 11.8 Å². The van der Waals surface area contributed by atoms with E-state index in [1.54, 1.807) is 4.90 Å². The molecule has 0 bridgehead atoms. The molecular formula is C12H18N2O5. The average Bonchev–Trinajstić information content (AvgIpc) is 2.46. The Morgan fingerprint density at radius 3 is 2.89 bits per heavy atom. The van der Waals surface area contributed by atoms with Gasteiger partial charge in [0.05, 0.1) is 26.2 Å². The van der Waals surface area contributed by atoms with Crippen LogP contribution in [0.1, 0.15) is 12.8 Å². The Hall–Kier alpha value is -1.63. The normalized spacial score (nSPS) is 27.6. The molecule has 2 aliphatic rings. The summed E-state index contributed by atoms with van der Waals surface area (Å²) in [5.41, 5.74) is 0. The lowest BCUT2D eigenvalue weighted by molar-refractivity contribution is -0.163. The zero-order valence-corrected chi connectivity index (χ0v) is 10.9. The van der Waals surface area contributed by atoms with Crippen molar-refractivity contribution in [3.8, 4) is 0 Å². The summed E-state index contributed by atoms with van der Waals surface area (Å²) in [5, 5.41) is 2.69. The lowest BCUT2D eigenvalue weighted by atomic mass is 9.97. The number of morpholine rings is 1. The third-order valence-electron chi connectivity index (χ3n) is 3.46. The maximum atomic E-state index is 12.3. The van der Waals surface area contributed by atoms with Crippen molar-refractivity contribution in [3.63, 3.8) is 0 Å². The molecular weight excluding hydrogens is 252 g/mol. The molecule has 1 N–H and O–H groups in total. The van der Waals surface area contributed by atoms with Crippen LogP contribution in [0.25, 0.3) is 0 Å². The van der Waals surface area contributed by atoms with Crippen LogP contribution in [0.2, 0.25) is 0 Å². The molecule has 0 saturated carbocycles. The molecule has 0 aromatic carbocycles. The summed E-state index contributed by atoms with van der Waals surface area (Å²) in [7, 11) is 1.29. The van der Waals surface area contributed by atoms with Crippen molar-refractivity contribution < 1.29 is 23.9 Å². The lowest BCUT2D eigenvalue weighted by Gasteiger charge is -2.34. The Morgan fingerprint density at radius 2 is 2.26 bits per heavy atom. The molecule has 0 radical (unpaired) electrons. The molecule has 7 nitrogen and oxygen atoms in total. The highest BCUT2D eigenvalue weighted by Gasteiger charge is 2.34. The molecule has 2 rings (SSSR count). The standard InChI is InChI=1S/C12H18N2O5/c1-18-12(17)9-7-14(4-5-19-9)11(16)8-2-3-10(15)13-6-8/h8-9H,2-7H2,1H3,(H,13,15). The van der Waals surface area contributed by atoms with Gasteiger partial charge in [0, 0.05) is 19.5 Å². The molecule has 2 amide bonds. The first-order chi connectivity index (χ1) is 9.11. The third kappa shape index (κ3) is 3.23. The van der Waals surface area contributed by atoms with Crippen molar-refractivity contribution in [1.29, 1.82) is 0 Å². The lowest BCUT2D eigenvalue weighted by Crippen LogP contribution is -2.52. The monoisotopic (exact) mass is 270 g/mol. The first-order valence-corrected chi connectivity index (χ1v) is 6.36. The largest absolute Gasteiger partial charge is 0.467 e. The van der Waals surface area contributed by atoms with Crippen molar-refractivity contribution >= 4 is 17.8 Å². The van der Waals surface area contributed by atoms with Gasteiger partial charge in [-0.2, -0.15) is 0 Å². The molecule has 0 aromatic heterocycles. The highest BCUT2D eigenvalue weighted by Crippen LogP contribution is 2.16. The van der Waals surface area contributed by atoms with E-state index in [4.69, 9.17) is 4.74 Å². The number of rotatable bonds is 2. The number of methoxy groups -OCH3 is 1. The van der Waals surface area contributed by atoms with Crippen LogP contribution in [0.4, 0.5) is 0 Å². The summed E-state index contributed by atoms with van der Waals surface area (Å²) in [6.07, 6.45) is 0.229. The highest BCUT2D eigenvalue weighted by atomic mass is 16.6. The molecule has 0 spiro atoms. The van der Waals surface area contributed by atoms with E-state index < -0.39 is 12.1 Å². The molecule has 2 atom stereocenters. The Balaban J connectivity index is 1.91. The number of carbonyl (C=O) groups is 3. The van der Waals surface area contributed by atoms with Gasteiger partial charge in [0.1, 0.15) is 0 Å². The van der Waals surface area contributed by atoms with E-state index in [0.717, 1.165) is 0 Å². The topological polar surface area (TPSA) is 84.9 Å². The number of piperidine rings is 1. The maximum Gasteiger partial charge on any atom is 0.336 e. The number of hydrogen-bond donors (Lipinski definition) is 1. The molecule has 2 saturated heterocycles. The van der Waals surface area contributed by atoms with E-state index in [1.807, 2.05) is 0 Å². The van der Waals surface area contributed by atoms with Gasteiger partial charge >= 0.3 is 5.97 Å². The minimum absolute atomic E-state index is 0.0153. The van der Waals surface area contributed by atoms with Crippen LogP contribution < -0.4 is 5.32 Å². The van der Waals surface area contributed by atoms with E-state index in [-0.39, 0.29) is 24.3 Å². The molecule has 19 heavy (non-hydrogen) atoms. The Labute approximate surface area is 111 Å². The van der Waals surface area contributed by atoms with Gasteiger partial charge in [-0.15, -0.1) is 0 Å². The van der Waals surface area contributed by atoms with Crippen LogP contribution in [0.3, 0.4) is 0 Å². The zero-order valence-electron chi connectivity index (χ0n) is 10.9. The molecule has 2 unspecified atom stereocenters. The predicted octanol–water partition coefficient (Wildman–Crippen LogP) is -1.09. The van der Waals surface area contributed by atoms with Crippen molar-refractivity contribution in [2.24, 2.45) is 5.92 Å². The van der Waals surface area contributed by atoms with Crippen molar-refractivity contribution in [2.75, 3.05) is 33.4 Å². The van der Waals surface area contributed by atoms with Gasteiger partial charge in [-0.05, 0) is 6.42 Å². The average molecular weight is 270 g/mol. The molecule has 106 valence electrons. The van der Waals surface area contributed by atoms with Crippen LogP contribution in [0.15, 0.2) is 0 Å². The van der Waals surface area contributed by atoms with Crippen molar-refractivity contribution in [2.45, 2.75) is 18.9 Å². The quantitative estimate of drug-likeness (QED) is 0.645. The maximum absolute atomic E-state index is 12.3. The molecule has 2 aliphatic heterocycles. The van der Waals surface area contributed by atoms with Gasteiger partial charge < -0.3 is 19.7 Å². The fraction of sp³-hybridized carbons (Fsp3) is 0.750. The highest BCUT2D eigenvalue weighted by molar-refractivity contribution is 5.84. The van der Waals surface area contributed by atoms with Crippen molar-refractivity contribution in [3.05, 3.63) is 0 Å². The number of carbonyl (C=O) groups excluding carboxylic acids is 3. The summed E-state index contributed by atoms with van der Waals surface area (Å²) in [4.78, 5) is 36.4. The van der Waals surface area contributed by atoms with Crippen molar-refractivity contribution in [1.82, 2.24) is 10.2 Å². The first kappa shape index (κ1) is 13.8. The first-order valence-electron chi connectivity index (χ1n) is 6.36. The van der Waals surface area contributed by atoms with Gasteiger partial charge in [-0.1, -0.05) is 0 Å². The van der Waals surface area contributed by atoms with Crippen LogP contribution in [-0.2, 0) is 23.9 Å². The number of amides is 2. The molecule has 2 fully saturated rings. The Bertz CT molecular complexity index is 374. The second kappa shape index (κ2) is 6.01. The summed E-state index contributed by atoms with van der Waals surface area (Å²) in [6, 6.07) is 0. The van der Waals surface area contributed by atoms with Crippen LogP contribution >= 0.6 is 0 Å². The minimum Gasteiger partial charge on any atom is -0.467 e. The van der Waals surface area contributed by atoms with Crippen LogP contribution in [-0.4, -0.2) is 62.1 Å². The van der Waals surface area contributed by atoms with E-state index in [2.05, 4.69) is 10.1 Å². The predicted molar refractivity (Wildman–Crippen MR) is 64.1 cm³/mol. The fourth-order valence-electron chi connectivity index (χ4n) is 2.33. The number of hydrogen-bond acceptors (Lipinski definition) is 5. The smallest absolute Gasteiger partial charge is 0.336 e. The van der Waals surface area contributed by atoms with Gasteiger partial charge in [-0.25, -0.2) is 4.79 Å². The van der Waals surface area contributed by atoms with Crippen LogP contribution in [0.5, 0.6) is 0 Å². The van der Waals surface area contributed by atoms with Gasteiger partial charge in [-0.3, -0.25) is 9.59 Å². The van der Waals surface area contributed by atoms with E-state index >= 15 is 0 Å². The Morgan fingerprint density at radius 1 is 1.47 bits per heavy atom. The molecule has 7 heteroatoms. The van der Waals surface area contributed by atoms with E-state index in [0.29, 0.717) is 32.5 Å². The van der Waals surface area contributed by atoms with E-state index in [1.165, 1.54) is 7.11 Å². The molecule has 0 aromatic rings. The number of esters is 1. The van der Waals surface area contributed by atoms with E-state index in [9.17, 15) is 14.4 Å². The molecule has 2 heterocycles. The third-order valence-corrected chi connectivity index (χ3v) is 3.46. The van der Waals surface area contributed by atoms with Gasteiger partial charge in [0.15, 0.2) is 6.10 Å².